The molecule has 1 amide bonds. The second-order valence-corrected chi connectivity index (χ2v) is 6.27. The van der Waals surface area contributed by atoms with Crippen molar-refractivity contribution in [3.05, 3.63) is 35.4 Å². The molecule has 0 radical (unpaired) electrons. The van der Waals surface area contributed by atoms with Crippen LogP contribution in [0.25, 0.3) is 0 Å². The standard InChI is InChI=1S/C16H20N2O3.ClH/c1-10-4-2-3-5-11(10)12-8-18(9-13(12)14(19)20)15(21)16(17)6-7-16;/h2-5,12-13H,6-9,17H2,1H3,(H,19,20);1H/t12-,13+;/m0./s1. The molecule has 0 aromatic heterocycles. The quantitative estimate of drug-likeness (QED) is 0.883. The topological polar surface area (TPSA) is 83.6 Å². The van der Waals surface area contributed by atoms with Crippen molar-refractivity contribution in [3.8, 4) is 0 Å². The van der Waals surface area contributed by atoms with Crippen LogP contribution in [0.2, 0.25) is 0 Å². The van der Waals surface area contributed by atoms with E-state index in [0.29, 0.717) is 19.4 Å². The largest absolute Gasteiger partial charge is 0.481 e. The number of carbonyl (C=O) groups is 2. The van der Waals surface area contributed by atoms with Crippen molar-refractivity contribution in [3.63, 3.8) is 0 Å². The van der Waals surface area contributed by atoms with Gasteiger partial charge in [0.2, 0.25) is 5.91 Å². The Labute approximate surface area is 135 Å². The summed E-state index contributed by atoms with van der Waals surface area (Å²) in [5.74, 6) is -1.65. The molecule has 6 heteroatoms. The number of hydrogen-bond donors (Lipinski definition) is 2. The molecule has 0 unspecified atom stereocenters. The predicted octanol–water partition coefficient (Wildman–Crippen LogP) is 1.53. The summed E-state index contributed by atoms with van der Waals surface area (Å²) in [5.41, 5.74) is 7.32. The van der Waals surface area contributed by atoms with Gasteiger partial charge in [0.1, 0.15) is 0 Å². The van der Waals surface area contributed by atoms with Crippen LogP contribution in [0.1, 0.15) is 29.9 Å². The van der Waals surface area contributed by atoms with Crippen LogP contribution in [0.5, 0.6) is 0 Å². The lowest BCUT2D eigenvalue weighted by Gasteiger charge is -2.20. The van der Waals surface area contributed by atoms with Crippen LogP contribution in [0.3, 0.4) is 0 Å². The first-order valence-corrected chi connectivity index (χ1v) is 7.29. The lowest BCUT2D eigenvalue weighted by atomic mass is 9.86. The minimum atomic E-state index is -0.847. The fourth-order valence-corrected chi connectivity index (χ4v) is 3.20. The third-order valence-corrected chi connectivity index (χ3v) is 4.73. The number of amides is 1. The summed E-state index contributed by atoms with van der Waals surface area (Å²) < 4.78 is 0. The van der Waals surface area contributed by atoms with Crippen molar-refractivity contribution in [1.82, 2.24) is 4.90 Å². The molecular weight excluding hydrogens is 304 g/mol. The van der Waals surface area contributed by atoms with Crippen LogP contribution in [0.4, 0.5) is 0 Å². The number of carboxylic acids is 1. The van der Waals surface area contributed by atoms with Crippen molar-refractivity contribution in [2.75, 3.05) is 13.1 Å². The van der Waals surface area contributed by atoms with Gasteiger partial charge in [-0.05, 0) is 30.9 Å². The molecule has 22 heavy (non-hydrogen) atoms. The number of likely N-dealkylation sites (tertiary alicyclic amines) is 1. The highest BCUT2D eigenvalue weighted by molar-refractivity contribution is 5.90. The fourth-order valence-electron chi connectivity index (χ4n) is 3.20. The minimum Gasteiger partial charge on any atom is -0.481 e. The number of rotatable bonds is 3. The van der Waals surface area contributed by atoms with Crippen molar-refractivity contribution >= 4 is 24.3 Å². The summed E-state index contributed by atoms with van der Waals surface area (Å²) in [7, 11) is 0. The summed E-state index contributed by atoms with van der Waals surface area (Å²) in [4.78, 5) is 25.6. The molecule has 3 N–H and O–H groups in total. The number of halogens is 1. The normalized spacial score (nSPS) is 25.5. The maximum atomic E-state index is 12.4. The van der Waals surface area contributed by atoms with Crippen molar-refractivity contribution in [2.24, 2.45) is 11.7 Å². The number of benzene rings is 1. The Hall–Kier alpha value is -1.59. The highest BCUT2D eigenvalue weighted by atomic mass is 35.5. The highest BCUT2D eigenvalue weighted by Gasteiger charge is 2.51. The van der Waals surface area contributed by atoms with Gasteiger partial charge < -0.3 is 15.7 Å². The summed E-state index contributed by atoms with van der Waals surface area (Å²) in [6.07, 6.45) is 1.41. The molecule has 1 saturated carbocycles. The lowest BCUT2D eigenvalue weighted by Crippen LogP contribution is -2.44. The number of carbonyl (C=O) groups excluding carboxylic acids is 1. The van der Waals surface area contributed by atoms with Crippen LogP contribution in [-0.4, -0.2) is 40.5 Å². The van der Waals surface area contributed by atoms with Gasteiger partial charge in [-0.3, -0.25) is 9.59 Å². The van der Waals surface area contributed by atoms with E-state index in [1.54, 1.807) is 4.90 Å². The Morgan fingerprint density at radius 1 is 1.27 bits per heavy atom. The van der Waals surface area contributed by atoms with Gasteiger partial charge in [-0.1, -0.05) is 24.3 Å². The molecule has 1 aromatic rings. The van der Waals surface area contributed by atoms with E-state index < -0.39 is 17.4 Å². The van der Waals surface area contributed by atoms with Crippen LogP contribution in [0.15, 0.2) is 24.3 Å². The van der Waals surface area contributed by atoms with E-state index in [1.807, 2.05) is 31.2 Å². The first-order valence-electron chi connectivity index (χ1n) is 7.29. The average molecular weight is 325 g/mol. The van der Waals surface area contributed by atoms with Crippen LogP contribution >= 0.6 is 12.4 Å². The first kappa shape index (κ1) is 16.8. The molecule has 1 aliphatic carbocycles. The van der Waals surface area contributed by atoms with Crippen LogP contribution < -0.4 is 5.73 Å². The minimum absolute atomic E-state index is 0. The number of carboxylic acid groups (broad SMARTS) is 1. The van der Waals surface area contributed by atoms with Gasteiger partial charge in [-0.25, -0.2) is 0 Å². The zero-order chi connectivity index (χ0) is 15.2. The van der Waals surface area contributed by atoms with Gasteiger partial charge in [0.05, 0.1) is 11.5 Å². The summed E-state index contributed by atoms with van der Waals surface area (Å²) in [5, 5.41) is 9.48. The van der Waals surface area contributed by atoms with Gasteiger partial charge in [-0.15, -0.1) is 12.4 Å². The molecule has 0 spiro atoms. The summed E-state index contributed by atoms with van der Waals surface area (Å²) in [6.45, 7) is 2.68. The first-order chi connectivity index (χ1) is 9.92. The molecule has 5 nitrogen and oxygen atoms in total. The van der Waals surface area contributed by atoms with E-state index in [1.165, 1.54) is 0 Å². The van der Waals surface area contributed by atoms with Crippen molar-refractivity contribution in [2.45, 2.75) is 31.2 Å². The predicted molar refractivity (Wildman–Crippen MR) is 85.0 cm³/mol. The second kappa shape index (κ2) is 5.89. The van der Waals surface area contributed by atoms with E-state index in [-0.39, 0.29) is 30.8 Å². The number of aryl methyl sites for hydroxylation is 1. The molecule has 1 aromatic carbocycles. The van der Waals surface area contributed by atoms with E-state index in [9.17, 15) is 14.7 Å². The smallest absolute Gasteiger partial charge is 0.308 e. The van der Waals surface area contributed by atoms with E-state index >= 15 is 0 Å². The summed E-state index contributed by atoms with van der Waals surface area (Å²) >= 11 is 0. The molecule has 2 fully saturated rings. The molecular formula is C16H21ClN2O3. The third kappa shape index (κ3) is 2.83. The lowest BCUT2D eigenvalue weighted by molar-refractivity contribution is -0.142. The van der Waals surface area contributed by atoms with Crippen molar-refractivity contribution in [1.29, 1.82) is 0 Å². The zero-order valence-corrected chi connectivity index (χ0v) is 13.3. The number of nitrogens with two attached hydrogens (primary N) is 1. The SMILES string of the molecule is Cc1ccccc1[C@@H]1CN(C(=O)C2(N)CC2)C[C@H]1C(=O)O.Cl. The molecule has 2 aliphatic rings. The summed E-state index contributed by atoms with van der Waals surface area (Å²) in [6, 6.07) is 7.78. The van der Waals surface area contributed by atoms with Gasteiger partial charge >= 0.3 is 5.97 Å². The Balaban J connectivity index is 0.00000176. The fraction of sp³-hybridized carbons (Fsp3) is 0.500. The Morgan fingerprint density at radius 2 is 1.91 bits per heavy atom. The van der Waals surface area contributed by atoms with Gasteiger partial charge in [-0.2, -0.15) is 0 Å². The van der Waals surface area contributed by atoms with E-state index in [2.05, 4.69) is 0 Å². The molecule has 1 heterocycles. The van der Waals surface area contributed by atoms with Gasteiger partial charge in [0.15, 0.2) is 0 Å². The van der Waals surface area contributed by atoms with E-state index in [4.69, 9.17) is 5.73 Å². The average Bonchev–Trinajstić information content (AvgIpc) is 3.04. The molecule has 1 aliphatic heterocycles. The zero-order valence-electron chi connectivity index (χ0n) is 12.5. The van der Waals surface area contributed by atoms with Gasteiger partial charge in [0, 0.05) is 19.0 Å². The number of nitrogens with zero attached hydrogens (tertiary/aromatic N) is 1. The number of aliphatic carboxylic acids is 1. The van der Waals surface area contributed by atoms with Gasteiger partial charge in [0.25, 0.3) is 0 Å². The van der Waals surface area contributed by atoms with Crippen LogP contribution in [-0.2, 0) is 9.59 Å². The maximum absolute atomic E-state index is 12.4. The van der Waals surface area contributed by atoms with Crippen molar-refractivity contribution < 1.29 is 14.7 Å². The molecule has 3 rings (SSSR count). The monoisotopic (exact) mass is 324 g/mol. The highest BCUT2D eigenvalue weighted by Crippen LogP contribution is 2.39. The Kier molecular flexibility index (Phi) is 4.49. The molecule has 0 bridgehead atoms. The molecule has 1 saturated heterocycles. The second-order valence-electron chi connectivity index (χ2n) is 6.27. The molecule has 2 atom stereocenters. The van der Waals surface area contributed by atoms with E-state index in [0.717, 1.165) is 11.1 Å². The molecule has 120 valence electrons. The Bertz CT molecular complexity index is 601. The Morgan fingerprint density at radius 3 is 2.45 bits per heavy atom. The van der Waals surface area contributed by atoms with Crippen LogP contribution in [0, 0.1) is 12.8 Å². The maximum Gasteiger partial charge on any atom is 0.308 e. The number of hydrogen-bond acceptors (Lipinski definition) is 3. The third-order valence-electron chi connectivity index (χ3n) is 4.73.